The van der Waals surface area contributed by atoms with E-state index in [-0.39, 0.29) is 10.4 Å². The maximum Gasteiger partial charge on any atom is 0.136 e. The molecule has 7 nitrogen and oxygen atoms in total. The molecule has 96 valence electrons. The van der Waals surface area contributed by atoms with Gasteiger partial charge in [0.2, 0.25) is 0 Å². The van der Waals surface area contributed by atoms with Crippen LogP contribution in [0.25, 0.3) is 11.0 Å². The van der Waals surface area contributed by atoms with Gasteiger partial charge in [0, 0.05) is 26.2 Å². The van der Waals surface area contributed by atoms with Crippen LogP contribution in [0, 0.1) is 0 Å². The SMILES string of the molecule is O=C=c1c(N2CCNCC2)cc2n[nH]nc2c1=C=O. The van der Waals surface area contributed by atoms with Crippen molar-refractivity contribution in [1.82, 2.24) is 20.7 Å². The molecule has 2 N–H and O–H groups in total. The second-order valence-corrected chi connectivity index (χ2v) is 4.28. The molecule has 1 aliphatic rings. The number of benzene rings is 1. The number of fused-ring (bicyclic) bond motifs is 1. The lowest BCUT2D eigenvalue weighted by Gasteiger charge is -2.29. The maximum absolute atomic E-state index is 11.2. The lowest BCUT2D eigenvalue weighted by atomic mass is 10.1. The van der Waals surface area contributed by atoms with Crippen molar-refractivity contribution in [3.63, 3.8) is 0 Å². The molecule has 1 fully saturated rings. The molecule has 0 unspecified atom stereocenters. The van der Waals surface area contributed by atoms with E-state index in [0.29, 0.717) is 16.7 Å². The Balaban J connectivity index is 2.35. The summed E-state index contributed by atoms with van der Waals surface area (Å²) in [7, 11) is 0. The Labute approximate surface area is 107 Å². The number of anilines is 1. The molecule has 1 aromatic carbocycles. The first kappa shape index (κ1) is 11.6. The van der Waals surface area contributed by atoms with E-state index in [9.17, 15) is 9.59 Å². The van der Waals surface area contributed by atoms with Crippen molar-refractivity contribution in [3.8, 4) is 0 Å². The average Bonchev–Trinajstić information content (AvgIpc) is 2.94. The number of piperazine rings is 1. The number of nitrogens with one attached hydrogen (secondary N) is 2. The molecule has 0 amide bonds. The first-order valence-corrected chi connectivity index (χ1v) is 5.94. The van der Waals surface area contributed by atoms with Crippen LogP contribution in [0.5, 0.6) is 0 Å². The third-order valence-electron chi connectivity index (χ3n) is 3.25. The van der Waals surface area contributed by atoms with Gasteiger partial charge in [0.05, 0.1) is 5.69 Å². The smallest absolute Gasteiger partial charge is 0.136 e. The molecule has 7 heteroatoms. The summed E-state index contributed by atoms with van der Waals surface area (Å²) in [4.78, 5) is 24.4. The van der Waals surface area contributed by atoms with E-state index in [2.05, 4.69) is 20.7 Å². The normalized spacial score (nSPS) is 15.3. The van der Waals surface area contributed by atoms with Crippen LogP contribution < -0.4 is 20.7 Å². The largest absolute Gasteiger partial charge is 0.368 e. The van der Waals surface area contributed by atoms with Gasteiger partial charge in [-0.1, -0.05) is 0 Å². The zero-order chi connectivity index (χ0) is 13.2. The van der Waals surface area contributed by atoms with Gasteiger partial charge in [0.25, 0.3) is 0 Å². The molecular formula is C12H11N5O2. The van der Waals surface area contributed by atoms with Crippen molar-refractivity contribution in [3.05, 3.63) is 16.5 Å². The van der Waals surface area contributed by atoms with Crippen molar-refractivity contribution < 1.29 is 9.59 Å². The summed E-state index contributed by atoms with van der Waals surface area (Å²) in [6.07, 6.45) is 0. The monoisotopic (exact) mass is 257 g/mol. The van der Waals surface area contributed by atoms with Gasteiger partial charge in [-0.05, 0) is 6.07 Å². The van der Waals surface area contributed by atoms with Crippen molar-refractivity contribution in [2.24, 2.45) is 0 Å². The maximum atomic E-state index is 11.2. The highest BCUT2D eigenvalue weighted by molar-refractivity contribution is 5.84. The third kappa shape index (κ3) is 1.82. The lowest BCUT2D eigenvalue weighted by molar-refractivity contribution is 0.563. The third-order valence-corrected chi connectivity index (χ3v) is 3.25. The molecular weight excluding hydrogens is 246 g/mol. The Morgan fingerprint density at radius 1 is 1.11 bits per heavy atom. The fourth-order valence-corrected chi connectivity index (χ4v) is 2.33. The zero-order valence-electron chi connectivity index (χ0n) is 10.1. The number of H-pyrrole nitrogens is 1. The predicted molar refractivity (Wildman–Crippen MR) is 67.8 cm³/mol. The van der Waals surface area contributed by atoms with Gasteiger partial charge >= 0.3 is 0 Å². The van der Waals surface area contributed by atoms with Crippen LogP contribution in [-0.4, -0.2) is 53.5 Å². The molecule has 1 aliphatic heterocycles. The molecule has 1 aromatic heterocycles. The number of carbonyl (C=O) groups excluding carboxylic acids is 2. The summed E-state index contributed by atoms with van der Waals surface area (Å²) >= 11 is 0. The number of nitrogens with zero attached hydrogens (tertiary/aromatic N) is 3. The predicted octanol–water partition coefficient (Wildman–Crippen LogP) is -2.63. The number of rotatable bonds is 1. The molecule has 0 aliphatic carbocycles. The molecule has 0 bridgehead atoms. The van der Waals surface area contributed by atoms with E-state index in [1.807, 2.05) is 10.8 Å². The van der Waals surface area contributed by atoms with Crippen molar-refractivity contribution in [2.45, 2.75) is 0 Å². The quantitative estimate of drug-likeness (QED) is 0.581. The van der Waals surface area contributed by atoms with E-state index >= 15 is 0 Å². The summed E-state index contributed by atoms with van der Waals surface area (Å²) in [5.41, 5.74) is 1.56. The van der Waals surface area contributed by atoms with Gasteiger partial charge in [-0.25, -0.2) is 9.59 Å². The van der Waals surface area contributed by atoms with Crippen molar-refractivity contribution >= 4 is 28.6 Å². The molecule has 1 saturated heterocycles. The number of hydrogen-bond donors (Lipinski definition) is 2. The Bertz CT molecular complexity index is 780. The van der Waals surface area contributed by atoms with Gasteiger partial charge in [0.1, 0.15) is 33.4 Å². The highest BCUT2D eigenvalue weighted by atomic mass is 16.1. The Morgan fingerprint density at radius 2 is 1.84 bits per heavy atom. The molecule has 3 rings (SSSR count). The fraction of sp³-hybridized carbons (Fsp3) is 0.333. The minimum atomic E-state index is 0.120. The molecule has 0 spiro atoms. The van der Waals surface area contributed by atoms with Crippen LogP contribution in [0.4, 0.5) is 5.69 Å². The van der Waals surface area contributed by atoms with Gasteiger partial charge in [-0.2, -0.15) is 15.4 Å². The first-order valence-electron chi connectivity index (χ1n) is 5.94. The summed E-state index contributed by atoms with van der Waals surface area (Å²) in [6.45, 7) is 3.18. The van der Waals surface area contributed by atoms with Gasteiger partial charge in [-0.3, -0.25) is 0 Å². The van der Waals surface area contributed by atoms with E-state index in [1.165, 1.54) is 0 Å². The zero-order valence-corrected chi connectivity index (χ0v) is 10.1. The van der Waals surface area contributed by atoms with Gasteiger partial charge in [0.15, 0.2) is 0 Å². The Morgan fingerprint density at radius 3 is 2.53 bits per heavy atom. The van der Waals surface area contributed by atoms with Crippen molar-refractivity contribution in [1.29, 1.82) is 0 Å². The van der Waals surface area contributed by atoms with Crippen LogP contribution in [0.1, 0.15) is 0 Å². The van der Waals surface area contributed by atoms with Gasteiger partial charge < -0.3 is 10.2 Å². The Kier molecular flexibility index (Phi) is 2.85. The molecule has 2 aromatic rings. The van der Waals surface area contributed by atoms with Crippen LogP contribution in [0.15, 0.2) is 6.07 Å². The van der Waals surface area contributed by atoms with Crippen LogP contribution in [0.3, 0.4) is 0 Å². The minimum Gasteiger partial charge on any atom is -0.368 e. The molecule has 0 atom stereocenters. The molecule has 2 heterocycles. The summed E-state index contributed by atoms with van der Waals surface area (Å²) < 4.78 is 0. The second-order valence-electron chi connectivity index (χ2n) is 4.28. The Hall–Kier alpha value is -2.46. The standard InChI is InChI=1S/C12H11N5O2/c18-6-8-9(7-19)12-10(14-16-15-12)5-11(8)17-3-1-13-2-4-17/h5,13H,1-4H2,(H,14,15,16). The lowest BCUT2D eigenvalue weighted by Crippen LogP contribution is -2.47. The van der Waals surface area contributed by atoms with E-state index in [1.54, 1.807) is 12.0 Å². The highest BCUT2D eigenvalue weighted by Gasteiger charge is 2.16. The summed E-state index contributed by atoms with van der Waals surface area (Å²) in [5, 5.41) is 13.9. The van der Waals surface area contributed by atoms with Crippen molar-refractivity contribution in [2.75, 3.05) is 31.1 Å². The van der Waals surface area contributed by atoms with Crippen LogP contribution in [-0.2, 0) is 9.59 Å². The first-order chi connectivity index (χ1) is 9.35. The van der Waals surface area contributed by atoms with E-state index in [0.717, 1.165) is 26.2 Å². The minimum absolute atomic E-state index is 0.120. The second kappa shape index (κ2) is 4.66. The summed E-state index contributed by atoms with van der Waals surface area (Å²) in [6, 6.07) is 1.76. The van der Waals surface area contributed by atoms with Crippen LogP contribution in [0.2, 0.25) is 0 Å². The number of aromatic nitrogens is 3. The average molecular weight is 257 g/mol. The fourth-order valence-electron chi connectivity index (χ4n) is 2.33. The topological polar surface area (TPSA) is 91.0 Å². The van der Waals surface area contributed by atoms with E-state index < -0.39 is 0 Å². The molecule has 19 heavy (non-hydrogen) atoms. The van der Waals surface area contributed by atoms with Gasteiger partial charge in [-0.15, -0.1) is 0 Å². The number of hydrogen-bond acceptors (Lipinski definition) is 6. The molecule has 0 radical (unpaired) electrons. The molecule has 0 saturated carbocycles. The van der Waals surface area contributed by atoms with E-state index in [4.69, 9.17) is 0 Å². The highest BCUT2D eigenvalue weighted by Crippen LogP contribution is 2.12. The summed E-state index contributed by atoms with van der Waals surface area (Å²) in [5.74, 6) is 3.62. The van der Waals surface area contributed by atoms with Crippen LogP contribution >= 0.6 is 0 Å². The number of aromatic amines is 1.